The summed E-state index contributed by atoms with van der Waals surface area (Å²) in [5, 5.41) is 6.71. The van der Waals surface area contributed by atoms with Crippen LogP contribution in [0.2, 0.25) is 0 Å². The molecule has 0 bridgehead atoms. The van der Waals surface area contributed by atoms with Crippen molar-refractivity contribution in [1.29, 1.82) is 0 Å². The molecule has 1 saturated carbocycles. The maximum atomic E-state index is 12.2. The van der Waals surface area contributed by atoms with Crippen LogP contribution in [0.15, 0.2) is 4.52 Å². The molecule has 0 unspecified atom stereocenters. The second-order valence-corrected chi connectivity index (χ2v) is 6.12. The average molecular weight is 308 g/mol. The average Bonchev–Trinajstić information content (AvgIpc) is 2.80. The predicted molar refractivity (Wildman–Crippen MR) is 80.4 cm³/mol. The number of amides is 1. The summed E-state index contributed by atoms with van der Waals surface area (Å²) in [6.45, 7) is 7.04. The standard InChI is InChI=1S/C16H24N2O4/c1-9-7-5-6-8-13(9)17-15(19)12(4)21-16(20)14-10(2)18-22-11(14)3/h9,12-13H,5-8H2,1-4H3,(H,17,19)/t9-,12-,13+/m1/s1. The van der Waals surface area contributed by atoms with E-state index in [0.717, 1.165) is 19.3 Å². The Bertz CT molecular complexity index is 533. The van der Waals surface area contributed by atoms with Crippen molar-refractivity contribution in [1.82, 2.24) is 10.5 Å². The number of esters is 1. The smallest absolute Gasteiger partial charge is 0.344 e. The number of hydrogen-bond acceptors (Lipinski definition) is 5. The highest BCUT2D eigenvalue weighted by molar-refractivity contribution is 5.93. The Morgan fingerprint density at radius 1 is 1.32 bits per heavy atom. The molecule has 6 nitrogen and oxygen atoms in total. The Hall–Kier alpha value is -1.85. The van der Waals surface area contributed by atoms with Crippen molar-refractivity contribution in [3.8, 4) is 0 Å². The van der Waals surface area contributed by atoms with Gasteiger partial charge in [-0.3, -0.25) is 4.79 Å². The van der Waals surface area contributed by atoms with Crippen molar-refractivity contribution in [3.63, 3.8) is 0 Å². The zero-order valence-electron chi connectivity index (χ0n) is 13.6. The van der Waals surface area contributed by atoms with E-state index in [2.05, 4.69) is 17.4 Å². The molecule has 0 radical (unpaired) electrons. The molecule has 22 heavy (non-hydrogen) atoms. The van der Waals surface area contributed by atoms with Gasteiger partial charge in [-0.05, 0) is 39.5 Å². The number of ether oxygens (including phenoxy) is 1. The SMILES string of the molecule is Cc1noc(C)c1C(=O)O[C@H](C)C(=O)N[C@H]1CCCC[C@H]1C. The van der Waals surface area contributed by atoms with Crippen molar-refractivity contribution in [2.24, 2.45) is 5.92 Å². The molecule has 0 spiro atoms. The van der Waals surface area contributed by atoms with Gasteiger partial charge in [0.05, 0.1) is 5.69 Å². The van der Waals surface area contributed by atoms with E-state index in [0.29, 0.717) is 22.9 Å². The van der Waals surface area contributed by atoms with Crippen LogP contribution in [0.5, 0.6) is 0 Å². The molecule has 1 aliphatic carbocycles. The molecule has 1 aromatic heterocycles. The van der Waals surface area contributed by atoms with E-state index in [1.165, 1.54) is 6.42 Å². The molecule has 1 amide bonds. The van der Waals surface area contributed by atoms with Gasteiger partial charge in [-0.25, -0.2) is 4.79 Å². The molecular formula is C16H24N2O4. The van der Waals surface area contributed by atoms with Crippen molar-refractivity contribution in [2.75, 3.05) is 0 Å². The molecular weight excluding hydrogens is 284 g/mol. The van der Waals surface area contributed by atoms with Gasteiger partial charge in [-0.1, -0.05) is 24.9 Å². The van der Waals surface area contributed by atoms with E-state index in [-0.39, 0.29) is 11.9 Å². The molecule has 6 heteroatoms. The molecule has 1 fully saturated rings. The molecule has 1 heterocycles. The molecule has 0 saturated heterocycles. The number of hydrogen-bond donors (Lipinski definition) is 1. The minimum Gasteiger partial charge on any atom is -0.449 e. The number of aromatic nitrogens is 1. The topological polar surface area (TPSA) is 81.4 Å². The number of carbonyl (C=O) groups is 2. The summed E-state index contributed by atoms with van der Waals surface area (Å²) in [7, 11) is 0. The number of nitrogens with zero attached hydrogens (tertiary/aromatic N) is 1. The Labute approximate surface area is 130 Å². The first-order valence-electron chi connectivity index (χ1n) is 7.84. The second-order valence-electron chi connectivity index (χ2n) is 6.12. The van der Waals surface area contributed by atoms with E-state index in [4.69, 9.17) is 9.26 Å². The van der Waals surface area contributed by atoms with E-state index < -0.39 is 12.1 Å². The van der Waals surface area contributed by atoms with E-state index in [1.807, 2.05) is 0 Å². The van der Waals surface area contributed by atoms with Gasteiger partial charge in [0.2, 0.25) is 0 Å². The van der Waals surface area contributed by atoms with Gasteiger partial charge in [-0.2, -0.15) is 0 Å². The van der Waals surface area contributed by atoms with E-state index >= 15 is 0 Å². The number of nitrogens with one attached hydrogen (secondary N) is 1. The van der Waals surface area contributed by atoms with E-state index in [1.54, 1.807) is 20.8 Å². The molecule has 0 aliphatic heterocycles. The summed E-state index contributed by atoms with van der Waals surface area (Å²) in [6.07, 6.45) is 3.61. The van der Waals surface area contributed by atoms with Crippen LogP contribution < -0.4 is 5.32 Å². The Morgan fingerprint density at radius 3 is 2.59 bits per heavy atom. The van der Waals surface area contributed by atoms with Crippen molar-refractivity contribution >= 4 is 11.9 Å². The lowest BCUT2D eigenvalue weighted by molar-refractivity contribution is -0.130. The first-order valence-corrected chi connectivity index (χ1v) is 7.84. The molecule has 2 rings (SSSR count). The fourth-order valence-corrected chi connectivity index (χ4v) is 2.88. The first kappa shape index (κ1) is 16.5. The summed E-state index contributed by atoms with van der Waals surface area (Å²) in [4.78, 5) is 24.3. The zero-order valence-corrected chi connectivity index (χ0v) is 13.6. The Morgan fingerprint density at radius 2 is 2.00 bits per heavy atom. The fourth-order valence-electron chi connectivity index (χ4n) is 2.88. The highest BCUT2D eigenvalue weighted by Gasteiger charge is 2.28. The van der Waals surface area contributed by atoms with Crippen molar-refractivity contribution in [2.45, 2.75) is 65.5 Å². The van der Waals surface area contributed by atoms with Gasteiger partial charge in [0.1, 0.15) is 11.3 Å². The predicted octanol–water partition coefficient (Wildman–Crippen LogP) is 2.53. The molecule has 3 atom stereocenters. The molecule has 1 aromatic rings. The van der Waals surface area contributed by atoms with E-state index in [9.17, 15) is 9.59 Å². The largest absolute Gasteiger partial charge is 0.449 e. The lowest BCUT2D eigenvalue weighted by Gasteiger charge is -2.30. The lowest BCUT2D eigenvalue weighted by atomic mass is 9.86. The monoisotopic (exact) mass is 308 g/mol. The summed E-state index contributed by atoms with van der Waals surface area (Å²) in [5.41, 5.74) is 0.765. The summed E-state index contributed by atoms with van der Waals surface area (Å²) >= 11 is 0. The summed E-state index contributed by atoms with van der Waals surface area (Å²) in [6, 6.07) is 0.168. The third kappa shape index (κ3) is 3.67. The third-order valence-electron chi connectivity index (χ3n) is 4.33. The first-order chi connectivity index (χ1) is 10.4. The van der Waals surface area contributed by atoms with Crippen LogP contribution in [0.25, 0.3) is 0 Å². The van der Waals surface area contributed by atoms with Gasteiger partial charge in [-0.15, -0.1) is 0 Å². The number of carbonyl (C=O) groups excluding carboxylic acids is 2. The molecule has 0 aromatic carbocycles. The second kappa shape index (κ2) is 6.94. The normalized spacial score (nSPS) is 22.9. The van der Waals surface area contributed by atoms with Gasteiger partial charge in [0, 0.05) is 6.04 Å². The van der Waals surface area contributed by atoms with Crippen LogP contribution in [0, 0.1) is 19.8 Å². The van der Waals surface area contributed by atoms with Crippen LogP contribution in [0.3, 0.4) is 0 Å². The van der Waals surface area contributed by atoms with Gasteiger partial charge in [0.15, 0.2) is 6.10 Å². The highest BCUT2D eigenvalue weighted by atomic mass is 16.5. The van der Waals surface area contributed by atoms with Gasteiger partial charge in [0.25, 0.3) is 5.91 Å². The van der Waals surface area contributed by atoms with Crippen LogP contribution in [-0.2, 0) is 9.53 Å². The van der Waals surface area contributed by atoms with Gasteiger partial charge < -0.3 is 14.6 Å². The summed E-state index contributed by atoms with van der Waals surface area (Å²) in [5.74, 6) is 0.0358. The number of aryl methyl sites for hydroxylation is 2. The van der Waals surface area contributed by atoms with Crippen LogP contribution in [0.1, 0.15) is 61.3 Å². The summed E-state index contributed by atoms with van der Waals surface area (Å²) < 4.78 is 10.2. The molecule has 122 valence electrons. The van der Waals surface area contributed by atoms with Crippen molar-refractivity contribution in [3.05, 3.63) is 17.0 Å². The minimum absolute atomic E-state index is 0.168. The van der Waals surface area contributed by atoms with Crippen LogP contribution >= 0.6 is 0 Å². The lowest BCUT2D eigenvalue weighted by Crippen LogP contribution is -2.46. The maximum Gasteiger partial charge on any atom is 0.344 e. The molecule has 1 N–H and O–H groups in total. The van der Waals surface area contributed by atoms with Crippen LogP contribution in [0.4, 0.5) is 0 Å². The quantitative estimate of drug-likeness (QED) is 0.864. The zero-order chi connectivity index (χ0) is 16.3. The highest BCUT2D eigenvalue weighted by Crippen LogP contribution is 2.24. The third-order valence-corrected chi connectivity index (χ3v) is 4.33. The van der Waals surface area contributed by atoms with Gasteiger partial charge >= 0.3 is 5.97 Å². The Balaban J connectivity index is 1.92. The number of rotatable bonds is 4. The fraction of sp³-hybridized carbons (Fsp3) is 0.688. The van der Waals surface area contributed by atoms with Crippen LogP contribution in [-0.4, -0.2) is 29.2 Å². The van der Waals surface area contributed by atoms with Crippen molar-refractivity contribution < 1.29 is 18.8 Å². The minimum atomic E-state index is -0.838. The Kier molecular flexibility index (Phi) is 5.21. The molecule has 1 aliphatic rings. The maximum absolute atomic E-state index is 12.2.